The van der Waals surface area contributed by atoms with E-state index in [1.165, 1.54) is 6.20 Å². The van der Waals surface area contributed by atoms with Gasteiger partial charge in [0.15, 0.2) is 5.78 Å². The first-order valence-electron chi connectivity index (χ1n) is 9.32. The second kappa shape index (κ2) is 8.23. The van der Waals surface area contributed by atoms with Crippen LogP contribution in [0.3, 0.4) is 0 Å². The summed E-state index contributed by atoms with van der Waals surface area (Å²) < 4.78 is 0. The van der Waals surface area contributed by atoms with E-state index in [-0.39, 0.29) is 35.5 Å². The van der Waals surface area contributed by atoms with Gasteiger partial charge in [0.1, 0.15) is 17.4 Å². The van der Waals surface area contributed by atoms with Crippen LogP contribution in [0, 0.1) is 26.7 Å². The fraction of sp³-hybridized carbons (Fsp3) is 0.364. The van der Waals surface area contributed by atoms with Gasteiger partial charge in [-0.05, 0) is 56.0 Å². The number of carbonyl (C=O) groups is 3. The average molecular weight is 399 g/mol. The Morgan fingerprint density at radius 2 is 1.86 bits per heavy atom. The molecule has 1 aliphatic carbocycles. The fourth-order valence-corrected chi connectivity index (χ4v) is 4.12. The van der Waals surface area contributed by atoms with Crippen molar-refractivity contribution >= 4 is 29.1 Å². The van der Waals surface area contributed by atoms with Gasteiger partial charge in [-0.15, -0.1) is 0 Å². The molecule has 2 aromatic rings. The highest BCUT2D eigenvalue weighted by Crippen LogP contribution is 2.37. The maximum Gasteiger partial charge on any atom is 0.269 e. The lowest BCUT2D eigenvalue weighted by molar-refractivity contribution is -0.124. The number of Topliss-reactive ketones (excluding diaryl/α,β-unsaturated/α-hetero) is 2. The number of amides is 1. The lowest BCUT2D eigenvalue weighted by atomic mass is 9.86. The number of hydrogen-bond donors (Lipinski definition) is 1. The summed E-state index contributed by atoms with van der Waals surface area (Å²) in [6, 6.07) is 7.16. The molecule has 0 spiro atoms. The van der Waals surface area contributed by atoms with Crippen molar-refractivity contribution in [3.05, 3.63) is 63.4 Å². The number of pyridine rings is 1. The SMILES string of the molecule is Cc1cc(C)c(C2C(=O)CC(CCNC(=O)c3ccc(Cl)cn3)C2=O)c(C)c1. The second-order valence-corrected chi connectivity index (χ2v) is 7.86. The monoisotopic (exact) mass is 398 g/mol. The maximum absolute atomic E-state index is 12.9. The number of aromatic nitrogens is 1. The first-order valence-corrected chi connectivity index (χ1v) is 9.69. The van der Waals surface area contributed by atoms with Crippen LogP contribution in [0.5, 0.6) is 0 Å². The van der Waals surface area contributed by atoms with Crippen molar-refractivity contribution in [3.8, 4) is 0 Å². The van der Waals surface area contributed by atoms with E-state index < -0.39 is 5.92 Å². The molecule has 1 heterocycles. The summed E-state index contributed by atoms with van der Waals surface area (Å²) in [7, 11) is 0. The number of nitrogens with zero attached hydrogens (tertiary/aromatic N) is 1. The average Bonchev–Trinajstić information content (AvgIpc) is 2.89. The summed E-state index contributed by atoms with van der Waals surface area (Å²) >= 11 is 5.77. The zero-order valence-corrected chi connectivity index (χ0v) is 17.0. The van der Waals surface area contributed by atoms with Crippen molar-refractivity contribution in [2.75, 3.05) is 6.54 Å². The van der Waals surface area contributed by atoms with E-state index in [2.05, 4.69) is 10.3 Å². The van der Waals surface area contributed by atoms with Crippen molar-refractivity contribution in [2.24, 2.45) is 5.92 Å². The largest absolute Gasteiger partial charge is 0.351 e. The first kappa shape index (κ1) is 20.2. The number of nitrogens with one attached hydrogen (secondary N) is 1. The zero-order chi connectivity index (χ0) is 20.4. The standard InChI is InChI=1S/C22H23ClN2O3/c1-12-8-13(2)19(14(3)9-12)20-18(26)10-15(21(20)27)6-7-24-22(28)17-5-4-16(23)11-25-17/h4-5,8-9,11,15,20H,6-7,10H2,1-3H3,(H,24,28). The Kier molecular flexibility index (Phi) is 5.94. The minimum atomic E-state index is -0.681. The molecule has 146 valence electrons. The van der Waals surface area contributed by atoms with E-state index >= 15 is 0 Å². The number of ketones is 2. The zero-order valence-electron chi connectivity index (χ0n) is 16.2. The number of benzene rings is 1. The molecule has 0 bridgehead atoms. The number of halogens is 1. The van der Waals surface area contributed by atoms with Crippen LogP contribution in [0.4, 0.5) is 0 Å². The van der Waals surface area contributed by atoms with Crippen LogP contribution in [-0.4, -0.2) is 29.0 Å². The molecule has 28 heavy (non-hydrogen) atoms. The van der Waals surface area contributed by atoms with Crippen LogP contribution < -0.4 is 5.32 Å². The van der Waals surface area contributed by atoms with Gasteiger partial charge in [-0.2, -0.15) is 0 Å². The van der Waals surface area contributed by atoms with Crippen LogP contribution in [0.1, 0.15) is 51.5 Å². The molecule has 1 aromatic carbocycles. The number of aryl methyl sites for hydroxylation is 3. The molecule has 1 fully saturated rings. The molecular weight excluding hydrogens is 376 g/mol. The molecular formula is C22H23ClN2O3. The number of hydrogen-bond acceptors (Lipinski definition) is 4. The van der Waals surface area contributed by atoms with Crippen molar-refractivity contribution in [1.82, 2.24) is 10.3 Å². The van der Waals surface area contributed by atoms with Crippen molar-refractivity contribution in [2.45, 2.75) is 39.5 Å². The van der Waals surface area contributed by atoms with Gasteiger partial charge in [-0.3, -0.25) is 14.4 Å². The van der Waals surface area contributed by atoms with E-state index in [0.717, 1.165) is 22.3 Å². The minimum Gasteiger partial charge on any atom is -0.351 e. The van der Waals surface area contributed by atoms with Crippen molar-refractivity contribution in [1.29, 1.82) is 0 Å². The Hall–Kier alpha value is -2.53. The molecule has 6 heteroatoms. The predicted octanol–water partition coefficient (Wildman–Crippen LogP) is 3.72. The third kappa shape index (κ3) is 4.14. The van der Waals surface area contributed by atoms with E-state index in [0.29, 0.717) is 18.0 Å². The Morgan fingerprint density at radius 1 is 1.18 bits per heavy atom. The Balaban J connectivity index is 1.64. The van der Waals surface area contributed by atoms with Crippen molar-refractivity contribution < 1.29 is 14.4 Å². The van der Waals surface area contributed by atoms with E-state index in [9.17, 15) is 14.4 Å². The number of carbonyl (C=O) groups excluding carboxylic acids is 3. The van der Waals surface area contributed by atoms with Gasteiger partial charge in [0.2, 0.25) is 0 Å². The summed E-state index contributed by atoms with van der Waals surface area (Å²) in [6.07, 6.45) is 2.07. The van der Waals surface area contributed by atoms with E-state index in [1.54, 1.807) is 12.1 Å². The summed E-state index contributed by atoms with van der Waals surface area (Å²) in [5.41, 5.74) is 4.19. The van der Waals surface area contributed by atoms with Gasteiger partial charge in [-0.1, -0.05) is 29.3 Å². The fourth-order valence-electron chi connectivity index (χ4n) is 4.01. The third-order valence-corrected chi connectivity index (χ3v) is 5.45. The molecule has 0 aliphatic heterocycles. The first-order chi connectivity index (χ1) is 13.3. The molecule has 2 unspecified atom stereocenters. The van der Waals surface area contributed by atoms with Crippen LogP contribution in [-0.2, 0) is 9.59 Å². The molecule has 1 N–H and O–H groups in total. The normalized spacial score (nSPS) is 19.1. The van der Waals surface area contributed by atoms with Gasteiger partial charge in [0.05, 0.1) is 5.02 Å². The molecule has 1 saturated carbocycles. The molecule has 2 atom stereocenters. The van der Waals surface area contributed by atoms with E-state index in [1.807, 2.05) is 32.9 Å². The van der Waals surface area contributed by atoms with Crippen LogP contribution in [0.15, 0.2) is 30.5 Å². The summed E-state index contributed by atoms with van der Waals surface area (Å²) in [6.45, 7) is 6.21. The van der Waals surface area contributed by atoms with Gasteiger partial charge in [0, 0.05) is 25.1 Å². The lowest BCUT2D eigenvalue weighted by Crippen LogP contribution is -2.27. The van der Waals surface area contributed by atoms with Gasteiger partial charge in [-0.25, -0.2) is 4.98 Å². The number of rotatable bonds is 5. The van der Waals surface area contributed by atoms with Crippen LogP contribution >= 0.6 is 11.6 Å². The van der Waals surface area contributed by atoms with Crippen LogP contribution in [0.25, 0.3) is 0 Å². The molecule has 0 radical (unpaired) electrons. The highest BCUT2D eigenvalue weighted by molar-refractivity contribution is 6.30. The van der Waals surface area contributed by atoms with E-state index in [4.69, 9.17) is 11.6 Å². The summed E-state index contributed by atoms with van der Waals surface area (Å²) in [5, 5.41) is 3.22. The highest BCUT2D eigenvalue weighted by atomic mass is 35.5. The smallest absolute Gasteiger partial charge is 0.269 e. The predicted molar refractivity (Wildman–Crippen MR) is 108 cm³/mol. The third-order valence-electron chi connectivity index (χ3n) is 5.22. The molecule has 0 saturated heterocycles. The molecule has 3 rings (SSSR count). The second-order valence-electron chi connectivity index (χ2n) is 7.42. The van der Waals surface area contributed by atoms with Crippen molar-refractivity contribution in [3.63, 3.8) is 0 Å². The van der Waals surface area contributed by atoms with Gasteiger partial charge < -0.3 is 5.32 Å². The topological polar surface area (TPSA) is 76.1 Å². The Bertz CT molecular complexity index is 914. The molecule has 1 aliphatic rings. The Morgan fingerprint density at radius 3 is 2.46 bits per heavy atom. The highest BCUT2D eigenvalue weighted by Gasteiger charge is 2.42. The molecule has 5 nitrogen and oxygen atoms in total. The van der Waals surface area contributed by atoms with Gasteiger partial charge >= 0.3 is 0 Å². The molecule has 1 amide bonds. The lowest BCUT2D eigenvalue weighted by Gasteiger charge is -2.16. The Labute approximate surface area is 169 Å². The minimum absolute atomic E-state index is 0.0317. The molecule has 1 aromatic heterocycles. The quantitative estimate of drug-likeness (QED) is 0.778. The maximum atomic E-state index is 12.9. The van der Waals surface area contributed by atoms with Gasteiger partial charge in [0.25, 0.3) is 5.91 Å². The summed E-state index contributed by atoms with van der Waals surface area (Å²) in [5.74, 6) is -1.44. The van der Waals surface area contributed by atoms with Crippen LogP contribution in [0.2, 0.25) is 5.02 Å². The summed E-state index contributed by atoms with van der Waals surface area (Å²) in [4.78, 5) is 41.6.